The summed E-state index contributed by atoms with van der Waals surface area (Å²) in [4.78, 5) is 25.9. The summed E-state index contributed by atoms with van der Waals surface area (Å²) < 4.78 is 10.5. The van der Waals surface area contributed by atoms with Gasteiger partial charge in [0.2, 0.25) is 5.91 Å². The lowest BCUT2D eigenvalue weighted by molar-refractivity contribution is -0.127. The minimum absolute atomic E-state index is 0.00646. The number of hydrogen-bond acceptors (Lipinski definition) is 5. The molecule has 2 N–H and O–H groups in total. The standard InChI is InChI=1S/C21H27N3O4/c1-24(2)19(16-9-11-17(27-3)12-10-16)13-22-20(25)14-23-21(26)15-28-18-7-5-4-6-8-18/h4-12,19H,13-15H2,1-3H3,(H,22,25)(H,23,26). The molecule has 0 aliphatic heterocycles. The fourth-order valence-corrected chi connectivity index (χ4v) is 2.59. The maximum Gasteiger partial charge on any atom is 0.258 e. The van der Waals surface area contributed by atoms with E-state index in [0.717, 1.165) is 11.3 Å². The molecule has 0 aromatic heterocycles. The van der Waals surface area contributed by atoms with E-state index >= 15 is 0 Å². The van der Waals surface area contributed by atoms with Crippen molar-refractivity contribution in [3.8, 4) is 11.5 Å². The van der Waals surface area contributed by atoms with Crippen molar-refractivity contribution in [3.63, 3.8) is 0 Å². The molecule has 150 valence electrons. The molecule has 0 saturated carbocycles. The van der Waals surface area contributed by atoms with E-state index in [9.17, 15) is 9.59 Å². The van der Waals surface area contributed by atoms with Crippen molar-refractivity contribution in [1.82, 2.24) is 15.5 Å². The summed E-state index contributed by atoms with van der Waals surface area (Å²) in [6, 6.07) is 16.8. The Bertz CT molecular complexity index is 748. The first-order chi connectivity index (χ1) is 13.5. The second-order valence-corrected chi connectivity index (χ2v) is 6.44. The van der Waals surface area contributed by atoms with Crippen LogP contribution in [0.2, 0.25) is 0 Å². The third-order valence-corrected chi connectivity index (χ3v) is 4.18. The zero-order valence-electron chi connectivity index (χ0n) is 16.5. The Morgan fingerprint density at radius 1 is 0.929 bits per heavy atom. The van der Waals surface area contributed by atoms with Gasteiger partial charge in [-0.3, -0.25) is 9.59 Å². The molecule has 0 saturated heterocycles. The molecule has 28 heavy (non-hydrogen) atoms. The Balaban J connectivity index is 1.75. The van der Waals surface area contributed by atoms with E-state index in [-0.39, 0.29) is 31.0 Å². The van der Waals surface area contributed by atoms with E-state index < -0.39 is 0 Å². The number of rotatable bonds is 10. The summed E-state index contributed by atoms with van der Waals surface area (Å²) in [5.74, 6) is 0.785. The number of carbonyl (C=O) groups is 2. The van der Waals surface area contributed by atoms with Crippen LogP contribution in [0.25, 0.3) is 0 Å². The van der Waals surface area contributed by atoms with Gasteiger partial charge in [-0.15, -0.1) is 0 Å². The van der Waals surface area contributed by atoms with E-state index in [2.05, 4.69) is 10.6 Å². The van der Waals surface area contributed by atoms with Crippen LogP contribution in [0.4, 0.5) is 0 Å². The maximum absolute atomic E-state index is 12.1. The number of ether oxygens (including phenoxy) is 2. The molecular formula is C21H27N3O4. The summed E-state index contributed by atoms with van der Waals surface area (Å²) in [7, 11) is 5.52. The molecule has 0 heterocycles. The van der Waals surface area contributed by atoms with Crippen LogP contribution in [0, 0.1) is 0 Å². The maximum atomic E-state index is 12.1. The number of carbonyl (C=O) groups excluding carboxylic acids is 2. The molecule has 0 fully saturated rings. The molecular weight excluding hydrogens is 358 g/mol. The number of para-hydroxylation sites is 1. The number of likely N-dealkylation sites (N-methyl/N-ethyl adjacent to an activating group) is 1. The largest absolute Gasteiger partial charge is 0.497 e. The molecule has 0 aliphatic carbocycles. The molecule has 0 radical (unpaired) electrons. The van der Waals surface area contributed by atoms with Crippen molar-refractivity contribution >= 4 is 11.8 Å². The highest BCUT2D eigenvalue weighted by Gasteiger charge is 2.16. The van der Waals surface area contributed by atoms with E-state index in [1.807, 2.05) is 61.5 Å². The zero-order chi connectivity index (χ0) is 20.4. The first kappa shape index (κ1) is 21.2. The van der Waals surface area contributed by atoms with Crippen LogP contribution in [-0.4, -0.2) is 57.6 Å². The molecule has 2 aromatic carbocycles. The van der Waals surface area contributed by atoms with Crippen LogP contribution < -0.4 is 20.1 Å². The molecule has 0 spiro atoms. The number of amides is 2. The third kappa shape index (κ3) is 6.92. The molecule has 2 aromatic rings. The van der Waals surface area contributed by atoms with E-state index in [0.29, 0.717) is 12.3 Å². The lowest BCUT2D eigenvalue weighted by Crippen LogP contribution is -2.41. The van der Waals surface area contributed by atoms with Gasteiger partial charge in [-0.2, -0.15) is 0 Å². The van der Waals surface area contributed by atoms with Crippen molar-refractivity contribution in [2.24, 2.45) is 0 Å². The van der Waals surface area contributed by atoms with Crippen molar-refractivity contribution in [2.75, 3.05) is 40.9 Å². The lowest BCUT2D eigenvalue weighted by Gasteiger charge is -2.25. The smallest absolute Gasteiger partial charge is 0.258 e. The highest BCUT2D eigenvalue weighted by atomic mass is 16.5. The molecule has 1 atom stereocenters. The van der Waals surface area contributed by atoms with Gasteiger partial charge in [-0.25, -0.2) is 0 Å². The van der Waals surface area contributed by atoms with Gasteiger partial charge in [-0.1, -0.05) is 30.3 Å². The van der Waals surface area contributed by atoms with Crippen molar-refractivity contribution in [1.29, 1.82) is 0 Å². The van der Waals surface area contributed by atoms with Crippen LogP contribution in [0.5, 0.6) is 11.5 Å². The Labute approximate surface area is 165 Å². The number of methoxy groups -OCH3 is 1. The lowest BCUT2D eigenvalue weighted by atomic mass is 10.1. The third-order valence-electron chi connectivity index (χ3n) is 4.18. The Morgan fingerprint density at radius 2 is 1.61 bits per heavy atom. The molecule has 0 bridgehead atoms. The quantitative estimate of drug-likeness (QED) is 0.650. The van der Waals surface area contributed by atoms with Gasteiger partial charge < -0.3 is 25.0 Å². The first-order valence-electron chi connectivity index (χ1n) is 9.01. The second kappa shape index (κ2) is 10.9. The zero-order valence-corrected chi connectivity index (χ0v) is 16.5. The van der Waals surface area contributed by atoms with Gasteiger partial charge in [0, 0.05) is 6.54 Å². The summed E-state index contributed by atoms with van der Waals surface area (Å²) in [5, 5.41) is 5.41. The van der Waals surface area contributed by atoms with Gasteiger partial charge in [-0.05, 0) is 43.9 Å². The molecule has 0 aliphatic rings. The second-order valence-electron chi connectivity index (χ2n) is 6.44. The van der Waals surface area contributed by atoms with Gasteiger partial charge in [0.25, 0.3) is 5.91 Å². The predicted molar refractivity (Wildman–Crippen MR) is 107 cm³/mol. The first-order valence-corrected chi connectivity index (χ1v) is 9.01. The van der Waals surface area contributed by atoms with Crippen molar-refractivity contribution < 1.29 is 19.1 Å². The summed E-state index contributed by atoms with van der Waals surface area (Å²) in [6.07, 6.45) is 0. The molecule has 2 rings (SSSR count). The fraction of sp³-hybridized carbons (Fsp3) is 0.333. The summed E-state index contributed by atoms with van der Waals surface area (Å²) in [6.45, 7) is 0.192. The van der Waals surface area contributed by atoms with Gasteiger partial charge in [0.15, 0.2) is 6.61 Å². The van der Waals surface area contributed by atoms with Crippen LogP contribution in [0.1, 0.15) is 11.6 Å². The average molecular weight is 385 g/mol. The highest BCUT2D eigenvalue weighted by molar-refractivity contribution is 5.85. The predicted octanol–water partition coefficient (Wildman–Crippen LogP) is 1.61. The SMILES string of the molecule is COc1ccc(C(CNC(=O)CNC(=O)COc2ccccc2)N(C)C)cc1. The topological polar surface area (TPSA) is 79.9 Å². The molecule has 2 amide bonds. The number of hydrogen-bond donors (Lipinski definition) is 2. The average Bonchev–Trinajstić information content (AvgIpc) is 2.72. The van der Waals surface area contributed by atoms with E-state index in [1.165, 1.54) is 0 Å². The summed E-state index contributed by atoms with van der Waals surface area (Å²) in [5.41, 5.74) is 1.06. The van der Waals surface area contributed by atoms with Crippen LogP contribution in [0.15, 0.2) is 54.6 Å². The molecule has 1 unspecified atom stereocenters. The fourth-order valence-electron chi connectivity index (χ4n) is 2.59. The monoisotopic (exact) mass is 385 g/mol. The van der Waals surface area contributed by atoms with Crippen molar-refractivity contribution in [2.45, 2.75) is 6.04 Å². The minimum atomic E-state index is -0.349. The number of nitrogens with one attached hydrogen (secondary N) is 2. The van der Waals surface area contributed by atoms with Crippen LogP contribution in [0.3, 0.4) is 0 Å². The van der Waals surface area contributed by atoms with Gasteiger partial charge in [0.05, 0.1) is 19.7 Å². The van der Waals surface area contributed by atoms with Crippen molar-refractivity contribution in [3.05, 3.63) is 60.2 Å². The number of benzene rings is 2. The highest BCUT2D eigenvalue weighted by Crippen LogP contribution is 2.20. The Kier molecular flexibility index (Phi) is 8.30. The Morgan fingerprint density at radius 3 is 2.21 bits per heavy atom. The van der Waals surface area contributed by atoms with Gasteiger partial charge in [0.1, 0.15) is 11.5 Å². The minimum Gasteiger partial charge on any atom is -0.497 e. The van der Waals surface area contributed by atoms with Crippen LogP contribution >= 0.6 is 0 Å². The number of nitrogens with zero attached hydrogens (tertiary/aromatic N) is 1. The Hall–Kier alpha value is -3.06. The van der Waals surface area contributed by atoms with Crippen LogP contribution in [-0.2, 0) is 9.59 Å². The summed E-state index contributed by atoms with van der Waals surface area (Å²) >= 11 is 0. The molecule has 7 heteroatoms. The normalized spacial score (nSPS) is 11.6. The van der Waals surface area contributed by atoms with E-state index in [4.69, 9.17) is 9.47 Å². The molecule has 7 nitrogen and oxygen atoms in total. The van der Waals surface area contributed by atoms with E-state index in [1.54, 1.807) is 19.2 Å². The van der Waals surface area contributed by atoms with Gasteiger partial charge >= 0.3 is 0 Å².